The summed E-state index contributed by atoms with van der Waals surface area (Å²) in [6.45, 7) is 9.42. The maximum Gasteiger partial charge on any atom is 0.142 e. The molecule has 1 aromatic carbocycles. The molecule has 0 fully saturated rings. The van der Waals surface area contributed by atoms with E-state index in [9.17, 15) is 0 Å². The molecule has 1 atom stereocenters. The molecule has 0 aliphatic rings. The molecule has 2 aromatic rings. The minimum atomic E-state index is 0.284. The lowest BCUT2D eigenvalue weighted by atomic mass is 10.1. The van der Waals surface area contributed by atoms with Crippen LogP contribution in [0.1, 0.15) is 41.6 Å². The van der Waals surface area contributed by atoms with Gasteiger partial charge < -0.3 is 10.1 Å². The first kappa shape index (κ1) is 14.9. The normalized spacial score (nSPS) is 12.2. The highest BCUT2D eigenvalue weighted by atomic mass is 32.1. The quantitative estimate of drug-likeness (QED) is 0.776. The van der Waals surface area contributed by atoms with Crippen molar-refractivity contribution in [2.45, 2.75) is 40.2 Å². The van der Waals surface area contributed by atoms with E-state index in [1.54, 1.807) is 0 Å². The van der Waals surface area contributed by atoms with E-state index < -0.39 is 0 Å². The van der Waals surface area contributed by atoms with E-state index >= 15 is 0 Å². The standard InChI is InChI=1S/C17H23NOS/c1-5-10-19-17-9-7-6-8-16(17)18-13(3)15-11-12(2)20-14(15)4/h6-9,11,13,18H,5,10H2,1-4H3. The van der Waals surface area contributed by atoms with Gasteiger partial charge in [0.15, 0.2) is 0 Å². The fourth-order valence-corrected chi connectivity index (χ4v) is 3.34. The van der Waals surface area contributed by atoms with Gasteiger partial charge in [0.25, 0.3) is 0 Å². The molecule has 1 aromatic heterocycles. The van der Waals surface area contributed by atoms with E-state index in [-0.39, 0.29) is 6.04 Å². The second-order valence-corrected chi connectivity index (χ2v) is 6.54. The van der Waals surface area contributed by atoms with E-state index in [2.05, 4.69) is 45.1 Å². The van der Waals surface area contributed by atoms with Gasteiger partial charge in [-0.1, -0.05) is 19.1 Å². The lowest BCUT2D eigenvalue weighted by Gasteiger charge is -2.18. The molecule has 1 N–H and O–H groups in total. The summed E-state index contributed by atoms with van der Waals surface area (Å²) in [5, 5.41) is 3.57. The molecule has 0 aliphatic carbocycles. The van der Waals surface area contributed by atoms with E-state index in [0.717, 1.165) is 24.5 Å². The lowest BCUT2D eigenvalue weighted by Crippen LogP contribution is -2.08. The van der Waals surface area contributed by atoms with Crippen LogP contribution in [0.3, 0.4) is 0 Å². The third-order valence-electron chi connectivity index (χ3n) is 3.27. The number of para-hydroxylation sites is 2. The molecule has 0 spiro atoms. The Balaban J connectivity index is 2.15. The fourth-order valence-electron chi connectivity index (χ4n) is 2.32. The summed E-state index contributed by atoms with van der Waals surface area (Å²) in [6, 6.07) is 10.7. The first-order valence-corrected chi connectivity index (χ1v) is 7.98. The molecule has 0 bridgehead atoms. The van der Waals surface area contributed by atoms with Crippen molar-refractivity contribution in [3.05, 3.63) is 45.6 Å². The average molecular weight is 289 g/mol. The first-order chi connectivity index (χ1) is 9.61. The molecule has 0 aliphatic heterocycles. The fraction of sp³-hybridized carbons (Fsp3) is 0.412. The predicted molar refractivity (Wildman–Crippen MR) is 88.1 cm³/mol. The maximum atomic E-state index is 5.80. The Labute approximate surface area is 125 Å². The molecule has 108 valence electrons. The summed E-state index contributed by atoms with van der Waals surface area (Å²) in [7, 11) is 0. The van der Waals surface area contributed by atoms with Gasteiger partial charge in [-0.05, 0) is 51.0 Å². The molecule has 1 heterocycles. The molecule has 3 heteroatoms. The van der Waals surface area contributed by atoms with Gasteiger partial charge in [-0.25, -0.2) is 0 Å². The van der Waals surface area contributed by atoms with Crippen LogP contribution in [-0.4, -0.2) is 6.61 Å². The summed E-state index contributed by atoms with van der Waals surface area (Å²) in [5.74, 6) is 0.936. The van der Waals surface area contributed by atoms with Crippen LogP contribution in [0.25, 0.3) is 0 Å². The van der Waals surface area contributed by atoms with Crippen molar-refractivity contribution in [2.75, 3.05) is 11.9 Å². The second kappa shape index (κ2) is 6.80. The van der Waals surface area contributed by atoms with Crippen molar-refractivity contribution >= 4 is 17.0 Å². The van der Waals surface area contributed by atoms with Gasteiger partial charge in [0, 0.05) is 15.8 Å². The molecule has 1 unspecified atom stereocenters. The zero-order chi connectivity index (χ0) is 14.5. The average Bonchev–Trinajstić information content (AvgIpc) is 2.77. The van der Waals surface area contributed by atoms with E-state index in [4.69, 9.17) is 4.74 Å². The zero-order valence-electron chi connectivity index (χ0n) is 12.7. The van der Waals surface area contributed by atoms with Crippen LogP contribution in [0.2, 0.25) is 0 Å². The number of ether oxygens (including phenoxy) is 1. The number of aryl methyl sites for hydroxylation is 2. The van der Waals surface area contributed by atoms with Gasteiger partial charge in [0.05, 0.1) is 12.3 Å². The number of thiophene rings is 1. The number of rotatable bonds is 6. The molecule has 2 rings (SSSR count). The largest absolute Gasteiger partial charge is 0.491 e. The van der Waals surface area contributed by atoms with E-state index in [0.29, 0.717) is 0 Å². The van der Waals surface area contributed by atoms with Gasteiger partial charge in [-0.15, -0.1) is 11.3 Å². The van der Waals surface area contributed by atoms with Crippen LogP contribution in [0, 0.1) is 13.8 Å². The molecule has 20 heavy (non-hydrogen) atoms. The molecule has 2 nitrogen and oxygen atoms in total. The van der Waals surface area contributed by atoms with Gasteiger partial charge >= 0.3 is 0 Å². The molecule has 0 saturated heterocycles. The third kappa shape index (κ3) is 3.54. The van der Waals surface area contributed by atoms with Crippen LogP contribution in [-0.2, 0) is 0 Å². The first-order valence-electron chi connectivity index (χ1n) is 7.17. The SMILES string of the molecule is CCCOc1ccccc1NC(C)c1cc(C)sc1C. The third-order valence-corrected chi connectivity index (χ3v) is 4.25. The summed E-state index contributed by atoms with van der Waals surface area (Å²) in [6.07, 6.45) is 1.02. The maximum absolute atomic E-state index is 5.80. The van der Waals surface area contributed by atoms with Crippen molar-refractivity contribution in [3.8, 4) is 5.75 Å². The molecule has 0 amide bonds. The minimum Gasteiger partial charge on any atom is -0.491 e. The number of nitrogens with one attached hydrogen (secondary N) is 1. The van der Waals surface area contributed by atoms with Crippen LogP contribution >= 0.6 is 11.3 Å². The van der Waals surface area contributed by atoms with Crippen LogP contribution in [0.5, 0.6) is 5.75 Å². The Morgan fingerprint density at radius 3 is 2.65 bits per heavy atom. The Morgan fingerprint density at radius 2 is 2.00 bits per heavy atom. The molecular formula is C17H23NOS. The number of benzene rings is 1. The number of hydrogen-bond donors (Lipinski definition) is 1. The molecular weight excluding hydrogens is 266 g/mol. The van der Waals surface area contributed by atoms with Gasteiger partial charge in [0.1, 0.15) is 5.75 Å². The predicted octanol–water partition coefficient (Wildman–Crippen LogP) is 5.33. The van der Waals surface area contributed by atoms with Crippen LogP contribution in [0.15, 0.2) is 30.3 Å². The number of hydrogen-bond acceptors (Lipinski definition) is 3. The van der Waals surface area contributed by atoms with Gasteiger partial charge in [-0.2, -0.15) is 0 Å². The van der Waals surface area contributed by atoms with Crippen molar-refractivity contribution in [1.29, 1.82) is 0 Å². The van der Waals surface area contributed by atoms with E-state index in [1.165, 1.54) is 15.3 Å². The summed E-state index contributed by atoms with van der Waals surface area (Å²) in [5.41, 5.74) is 2.44. The van der Waals surface area contributed by atoms with E-state index in [1.807, 2.05) is 29.5 Å². The zero-order valence-corrected chi connectivity index (χ0v) is 13.5. The summed E-state index contributed by atoms with van der Waals surface area (Å²) >= 11 is 1.85. The Kier molecular flexibility index (Phi) is 5.07. The smallest absolute Gasteiger partial charge is 0.142 e. The number of anilines is 1. The Bertz CT molecular complexity index is 562. The highest BCUT2D eigenvalue weighted by molar-refractivity contribution is 7.12. The summed E-state index contributed by atoms with van der Waals surface area (Å²) < 4.78 is 5.80. The van der Waals surface area contributed by atoms with Gasteiger partial charge in [-0.3, -0.25) is 0 Å². The lowest BCUT2D eigenvalue weighted by molar-refractivity contribution is 0.318. The summed E-state index contributed by atoms with van der Waals surface area (Å²) in [4.78, 5) is 2.75. The highest BCUT2D eigenvalue weighted by Crippen LogP contribution is 2.32. The van der Waals surface area contributed by atoms with Crippen molar-refractivity contribution in [1.82, 2.24) is 0 Å². The highest BCUT2D eigenvalue weighted by Gasteiger charge is 2.13. The monoisotopic (exact) mass is 289 g/mol. The van der Waals surface area contributed by atoms with Crippen molar-refractivity contribution in [2.24, 2.45) is 0 Å². The van der Waals surface area contributed by atoms with Crippen LogP contribution in [0.4, 0.5) is 5.69 Å². The minimum absolute atomic E-state index is 0.284. The second-order valence-electron chi connectivity index (χ2n) is 5.08. The molecule has 0 saturated carbocycles. The van der Waals surface area contributed by atoms with Crippen molar-refractivity contribution in [3.63, 3.8) is 0 Å². The van der Waals surface area contributed by atoms with Crippen molar-refractivity contribution < 1.29 is 4.74 Å². The Hall–Kier alpha value is -1.48. The van der Waals surface area contributed by atoms with Gasteiger partial charge in [0.2, 0.25) is 0 Å². The molecule has 0 radical (unpaired) electrons. The topological polar surface area (TPSA) is 21.3 Å². The van der Waals surface area contributed by atoms with Crippen LogP contribution < -0.4 is 10.1 Å². The Morgan fingerprint density at radius 1 is 1.25 bits per heavy atom.